The molecule has 0 unspecified atom stereocenters. The van der Waals surface area contributed by atoms with Crippen molar-refractivity contribution in [3.8, 4) is 17.1 Å². The molecule has 2 N–H and O–H groups in total. The quantitative estimate of drug-likeness (QED) is 0.577. The van der Waals surface area contributed by atoms with Crippen molar-refractivity contribution in [3.63, 3.8) is 0 Å². The molecular weight excluding hydrogens is 331 g/mol. The minimum atomic E-state index is -0.336. The topological polar surface area (TPSA) is 71.4 Å². The Hall–Kier alpha value is -3.48. The maximum absolute atomic E-state index is 14.4. The van der Waals surface area contributed by atoms with Gasteiger partial charge in [-0.25, -0.2) is 9.07 Å². The number of aromatic amines is 1. The zero-order valence-corrected chi connectivity index (χ0v) is 14.1. The average molecular weight is 348 g/mol. The molecule has 0 atom stereocenters. The summed E-state index contributed by atoms with van der Waals surface area (Å²) in [5.74, 6) is -0.336. The van der Waals surface area contributed by atoms with Gasteiger partial charge < -0.3 is 5.32 Å². The third-order valence-corrected chi connectivity index (χ3v) is 3.95. The van der Waals surface area contributed by atoms with Gasteiger partial charge in [-0.3, -0.25) is 10.1 Å². The van der Waals surface area contributed by atoms with Crippen LogP contribution in [0, 0.1) is 12.7 Å². The number of nitrogens with one attached hydrogen (secondary N) is 2. The van der Waals surface area contributed by atoms with Crippen LogP contribution >= 0.6 is 0 Å². The molecule has 0 saturated carbocycles. The Bertz CT molecular complexity index is 1020. The third kappa shape index (κ3) is 3.32. The smallest absolute Gasteiger partial charge is 0.150 e. The molecule has 0 aliphatic heterocycles. The van der Waals surface area contributed by atoms with Gasteiger partial charge in [0.15, 0.2) is 5.82 Å². The molecule has 6 nitrogen and oxygen atoms in total. The summed E-state index contributed by atoms with van der Waals surface area (Å²) in [5.41, 5.74) is 4.55. The molecule has 3 heterocycles. The molecule has 1 aromatic carbocycles. The normalized spacial score (nSPS) is 10.8. The van der Waals surface area contributed by atoms with Crippen molar-refractivity contribution >= 4 is 5.69 Å². The number of benzene rings is 1. The molecule has 0 radical (unpaired) electrons. The second-order valence-corrected chi connectivity index (χ2v) is 5.98. The molecule has 7 heteroatoms. The van der Waals surface area contributed by atoms with Crippen LogP contribution in [0.25, 0.3) is 17.1 Å². The number of hydrogen-bond donors (Lipinski definition) is 2. The van der Waals surface area contributed by atoms with Gasteiger partial charge in [0.25, 0.3) is 0 Å². The second kappa shape index (κ2) is 6.79. The van der Waals surface area contributed by atoms with E-state index in [-0.39, 0.29) is 5.82 Å². The fraction of sp³-hybridized carbons (Fsp3) is 0.105. The number of halogens is 1. The van der Waals surface area contributed by atoms with Crippen molar-refractivity contribution in [1.29, 1.82) is 0 Å². The summed E-state index contributed by atoms with van der Waals surface area (Å²) >= 11 is 0. The van der Waals surface area contributed by atoms with E-state index in [2.05, 4.69) is 25.6 Å². The van der Waals surface area contributed by atoms with E-state index in [1.807, 2.05) is 37.3 Å². The van der Waals surface area contributed by atoms with Crippen LogP contribution in [-0.4, -0.2) is 25.0 Å². The van der Waals surface area contributed by atoms with E-state index in [1.54, 1.807) is 24.7 Å². The van der Waals surface area contributed by atoms with Gasteiger partial charge in [-0.2, -0.15) is 10.2 Å². The minimum absolute atomic E-state index is 0.336. The maximum Gasteiger partial charge on any atom is 0.150 e. The lowest BCUT2D eigenvalue weighted by molar-refractivity contribution is 0.611. The van der Waals surface area contributed by atoms with E-state index in [0.29, 0.717) is 17.9 Å². The molecule has 3 aromatic heterocycles. The highest BCUT2D eigenvalue weighted by Gasteiger charge is 2.08. The molecule has 0 amide bonds. The Morgan fingerprint density at radius 3 is 2.81 bits per heavy atom. The molecule has 0 spiro atoms. The molecule has 26 heavy (non-hydrogen) atoms. The van der Waals surface area contributed by atoms with E-state index < -0.39 is 0 Å². The Labute approximate surface area is 149 Å². The Morgan fingerprint density at radius 2 is 2.08 bits per heavy atom. The average Bonchev–Trinajstić information content (AvgIpc) is 3.30. The fourth-order valence-electron chi connectivity index (χ4n) is 2.64. The van der Waals surface area contributed by atoms with Gasteiger partial charge in [0.1, 0.15) is 11.4 Å². The van der Waals surface area contributed by atoms with Gasteiger partial charge in [0.05, 0.1) is 24.1 Å². The summed E-state index contributed by atoms with van der Waals surface area (Å²) in [6.45, 7) is 2.42. The first-order chi connectivity index (χ1) is 12.7. The van der Waals surface area contributed by atoms with Crippen molar-refractivity contribution in [2.75, 3.05) is 5.32 Å². The van der Waals surface area contributed by atoms with Gasteiger partial charge in [-0.1, -0.05) is 6.07 Å². The molecule has 0 aliphatic rings. The summed E-state index contributed by atoms with van der Waals surface area (Å²) < 4.78 is 15.9. The van der Waals surface area contributed by atoms with Gasteiger partial charge in [0.2, 0.25) is 0 Å². The molecule has 0 aliphatic carbocycles. The predicted octanol–water partition coefficient (Wildman–Crippen LogP) is 3.72. The number of aryl methyl sites for hydroxylation is 1. The first-order valence-corrected chi connectivity index (χ1v) is 8.20. The van der Waals surface area contributed by atoms with Crippen molar-refractivity contribution in [3.05, 3.63) is 78.1 Å². The summed E-state index contributed by atoms with van der Waals surface area (Å²) in [7, 11) is 0. The molecule has 4 aromatic rings. The standard InChI is InChI=1S/C19H17FN6/c1-13-10-23-26(12-13)19-6-5-14(8-16(19)20)22-11-15-9-18(25-24-15)17-4-2-3-7-21-17/h2-10,12,22H,11H2,1H3,(H,24,25). The van der Waals surface area contributed by atoms with Crippen molar-refractivity contribution in [2.45, 2.75) is 13.5 Å². The van der Waals surface area contributed by atoms with Gasteiger partial charge in [-0.05, 0) is 48.9 Å². The molecule has 0 bridgehead atoms. The first kappa shape index (κ1) is 16.0. The Balaban J connectivity index is 1.45. The molecule has 4 rings (SSSR count). The number of aromatic nitrogens is 5. The van der Waals surface area contributed by atoms with E-state index in [1.165, 1.54) is 10.7 Å². The largest absolute Gasteiger partial charge is 0.379 e. The number of pyridine rings is 1. The Morgan fingerprint density at radius 1 is 1.15 bits per heavy atom. The first-order valence-electron chi connectivity index (χ1n) is 8.20. The van der Waals surface area contributed by atoms with Crippen molar-refractivity contribution in [2.24, 2.45) is 0 Å². The van der Waals surface area contributed by atoms with Crippen LogP contribution < -0.4 is 5.32 Å². The summed E-state index contributed by atoms with van der Waals surface area (Å²) in [4.78, 5) is 4.27. The zero-order chi connectivity index (χ0) is 17.9. The molecule has 0 fully saturated rings. The van der Waals surface area contributed by atoms with Gasteiger partial charge in [0, 0.05) is 18.1 Å². The number of hydrogen-bond acceptors (Lipinski definition) is 4. The van der Waals surface area contributed by atoms with Crippen LogP contribution in [0.15, 0.2) is 61.1 Å². The van der Waals surface area contributed by atoms with E-state index in [0.717, 1.165) is 22.6 Å². The maximum atomic E-state index is 14.4. The lowest BCUT2D eigenvalue weighted by atomic mass is 10.2. The van der Waals surface area contributed by atoms with Crippen molar-refractivity contribution < 1.29 is 4.39 Å². The van der Waals surface area contributed by atoms with Crippen LogP contribution in [0.1, 0.15) is 11.3 Å². The van der Waals surface area contributed by atoms with Crippen LogP contribution in [0.3, 0.4) is 0 Å². The highest BCUT2D eigenvalue weighted by molar-refractivity contribution is 5.54. The summed E-state index contributed by atoms with van der Waals surface area (Å²) in [6, 6.07) is 12.6. The predicted molar refractivity (Wildman–Crippen MR) is 97.4 cm³/mol. The highest BCUT2D eigenvalue weighted by atomic mass is 19.1. The van der Waals surface area contributed by atoms with Crippen LogP contribution in [-0.2, 0) is 6.54 Å². The zero-order valence-electron chi connectivity index (χ0n) is 14.1. The van der Waals surface area contributed by atoms with E-state index >= 15 is 0 Å². The van der Waals surface area contributed by atoms with Crippen molar-refractivity contribution in [1.82, 2.24) is 25.0 Å². The van der Waals surface area contributed by atoms with E-state index in [9.17, 15) is 4.39 Å². The second-order valence-electron chi connectivity index (χ2n) is 5.98. The highest BCUT2D eigenvalue weighted by Crippen LogP contribution is 2.19. The lowest BCUT2D eigenvalue weighted by Gasteiger charge is -2.08. The van der Waals surface area contributed by atoms with Gasteiger partial charge in [-0.15, -0.1) is 0 Å². The monoisotopic (exact) mass is 348 g/mol. The van der Waals surface area contributed by atoms with E-state index in [4.69, 9.17) is 0 Å². The minimum Gasteiger partial charge on any atom is -0.379 e. The lowest BCUT2D eigenvalue weighted by Crippen LogP contribution is -2.02. The summed E-state index contributed by atoms with van der Waals surface area (Å²) in [6.07, 6.45) is 5.21. The Kier molecular flexibility index (Phi) is 4.18. The molecular formula is C19H17FN6. The third-order valence-electron chi connectivity index (χ3n) is 3.95. The number of H-pyrrole nitrogens is 1. The summed E-state index contributed by atoms with van der Waals surface area (Å²) in [5, 5.41) is 14.6. The fourth-order valence-corrected chi connectivity index (χ4v) is 2.64. The van der Waals surface area contributed by atoms with Crippen LogP contribution in [0.5, 0.6) is 0 Å². The number of anilines is 1. The van der Waals surface area contributed by atoms with Crippen LogP contribution in [0.2, 0.25) is 0 Å². The molecule has 0 saturated heterocycles. The molecule has 130 valence electrons. The number of nitrogens with zero attached hydrogens (tertiary/aromatic N) is 4. The SMILES string of the molecule is Cc1cnn(-c2ccc(NCc3cc(-c4ccccn4)n[nH]3)cc2F)c1. The number of rotatable bonds is 5. The van der Waals surface area contributed by atoms with Crippen LogP contribution in [0.4, 0.5) is 10.1 Å². The van der Waals surface area contributed by atoms with Gasteiger partial charge >= 0.3 is 0 Å².